The molecule has 6 nitrogen and oxygen atoms in total. The molecular formula is C47H60O6. The summed E-state index contributed by atoms with van der Waals surface area (Å²) in [6, 6.07) is 0. The van der Waals surface area contributed by atoms with E-state index in [9.17, 15) is 9.59 Å². The van der Waals surface area contributed by atoms with Gasteiger partial charge >= 0.3 is 12.1 Å². The SMILES string of the molecule is COc1c(C)c(C)c(C(C)(C)c2c(C)c(C)c(OC(=O)Oc3c(C)c(C)c(-c4c(C)c(C)c(OC(C)=O)c(C)c4C)c(C)c3C)c(C)c2C)c(C)c1C. The van der Waals surface area contributed by atoms with E-state index in [1.54, 1.807) is 7.11 Å². The van der Waals surface area contributed by atoms with Crippen LogP contribution in [0.3, 0.4) is 0 Å². The van der Waals surface area contributed by atoms with E-state index in [0.29, 0.717) is 17.2 Å². The van der Waals surface area contributed by atoms with E-state index in [2.05, 4.69) is 83.1 Å². The number of methoxy groups -OCH3 is 1. The number of hydrogen-bond donors (Lipinski definition) is 0. The molecule has 0 atom stereocenters. The maximum absolute atomic E-state index is 13.7. The molecule has 0 bridgehead atoms. The predicted molar refractivity (Wildman–Crippen MR) is 217 cm³/mol. The topological polar surface area (TPSA) is 71.1 Å². The van der Waals surface area contributed by atoms with Crippen LogP contribution < -0.4 is 18.9 Å². The van der Waals surface area contributed by atoms with E-state index in [4.69, 9.17) is 18.9 Å². The number of carbonyl (C=O) groups excluding carboxylic acids is 2. The number of benzene rings is 4. The lowest BCUT2D eigenvalue weighted by Crippen LogP contribution is -2.27. The van der Waals surface area contributed by atoms with Crippen molar-refractivity contribution in [3.63, 3.8) is 0 Å². The summed E-state index contributed by atoms with van der Waals surface area (Å²) in [5.41, 5.74) is 20.9. The highest BCUT2D eigenvalue weighted by atomic mass is 16.7. The van der Waals surface area contributed by atoms with Gasteiger partial charge in [-0.3, -0.25) is 4.79 Å². The minimum absolute atomic E-state index is 0.335. The van der Waals surface area contributed by atoms with Gasteiger partial charge in [-0.25, -0.2) is 4.79 Å². The Bertz CT molecular complexity index is 2100. The van der Waals surface area contributed by atoms with Crippen LogP contribution in [-0.4, -0.2) is 19.2 Å². The number of hydrogen-bond acceptors (Lipinski definition) is 6. The number of carbonyl (C=O) groups is 2. The van der Waals surface area contributed by atoms with Gasteiger partial charge in [0.05, 0.1) is 7.11 Å². The average molecular weight is 721 g/mol. The summed E-state index contributed by atoms with van der Waals surface area (Å²) in [7, 11) is 1.74. The molecule has 0 spiro atoms. The molecule has 0 saturated carbocycles. The fraction of sp³-hybridized carbons (Fsp3) is 0.447. The summed E-state index contributed by atoms with van der Waals surface area (Å²) in [4.78, 5) is 25.6. The molecule has 53 heavy (non-hydrogen) atoms. The van der Waals surface area contributed by atoms with Crippen LogP contribution >= 0.6 is 0 Å². The maximum atomic E-state index is 13.7. The van der Waals surface area contributed by atoms with Gasteiger partial charge < -0.3 is 18.9 Å². The lowest BCUT2D eigenvalue weighted by Gasteiger charge is -2.36. The van der Waals surface area contributed by atoms with Crippen molar-refractivity contribution in [2.45, 2.75) is 137 Å². The molecule has 0 radical (unpaired) electrons. The first kappa shape index (κ1) is 41.2. The molecule has 0 amide bonds. The lowest BCUT2D eigenvalue weighted by molar-refractivity contribution is -0.131. The van der Waals surface area contributed by atoms with E-state index in [-0.39, 0.29) is 11.4 Å². The van der Waals surface area contributed by atoms with Gasteiger partial charge in [0.25, 0.3) is 0 Å². The fourth-order valence-electron chi connectivity index (χ4n) is 8.96. The minimum Gasteiger partial charge on any atom is -0.496 e. The van der Waals surface area contributed by atoms with E-state index < -0.39 is 6.16 Å². The van der Waals surface area contributed by atoms with E-state index >= 15 is 0 Å². The van der Waals surface area contributed by atoms with Crippen LogP contribution in [-0.2, 0) is 10.2 Å². The van der Waals surface area contributed by atoms with Crippen molar-refractivity contribution in [3.8, 4) is 34.1 Å². The Hall–Kier alpha value is -4.58. The first-order valence-corrected chi connectivity index (χ1v) is 18.5. The predicted octanol–water partition coefficient (Wildman–Crippen LogP) is 12.1. The highest BCUT2D eigenvalue weighted by molar-refractivity contribution is 5.84. The summed E-state index contributed by atoms with van der Waals surface area (Å²) in [6.45, 7) is 39.1. The molecular weight excluding hydrogens is 661 g/mol. The third kappa shape index (κ3) is 6.64. The molecule has 6 heteroatoms. The second-order valence-corrected chi connectivity index (χ2v) is 15.7. The number of esters is 1. The van der Waals surface area contributed by atoms with Crippen LogP contribution in [0.5, 0.6) is 23.0 Å². The molecule has 0 unspecified atom stereocenters. The Morgan fingerprint density at radius 3 is 0.887 bits per heavy atom. The Kier molecular flexibility index (Phi) is 11.4. The molecule has 0 fully saturated rings. The molecule has 4 rings (SSSR count). The summed E-state index contributed by atoms with van der Waals surface area (Å²) in [5.74, 6) is 2.26. The first-order valence-electron chi connectivity index (χ1n) is 18.5. The largest absolute Gasteiger partial charge is 0.519 e. The van der Waals surface area contributed by atoms with Crippen LogP contribution in [0.25, 0.3) is 11.1 Å². The van der Waals surface area contributed by atoms with Crippen molar-refractivity contribution in [1.82, 2.24) is 0 Å². The Balaban J connectivity index is 1.78. The summed E-state index contributed by atoms with van der Waals surface area (Å²) in [6.07, 6.45) is -0.766. The lowest BCUT2D eigenvalue weighted by atomic mass is 9.68. The van der Waals surface area contributed by atoms with Crippen LogP contribution in [0.15, 0.2) is 0 Å². The monoisotopic (exact) mass is 720 g/mol. The third-order valence-corrected chi connectivity index (χ3v) is 12.5. The molecule has 0 N–H and O–H groups in total. The highest BCUT2D eigenvalue weighted by Gasteiger charge is 2.35. The summed E-state index contributed by atoms with van der Waals surface area (Å²) < 4.78 is 23.7. The average Bonchev–Trinajstić information content (AvgIpc) is 3.08. The van der Waals surface area contributed by atoms with Gasteiger partial charge in [0.1, 0.15) is 23.0 Å². The van der Waals surface area contributed by atoms with Crippen molar-refractivity contribution in [2.24, 2.45) is 0 Å². The zero-order chi connectivity index (χ0) is 40.3. The second-order valence-electron chi connectivity index (χ2n) is 15.7. The standard InChI is InChI=1S/C47H60O6/c1-21-29(9)43(51-37(17)48)30(10)22(2)38(21)39-23(3)31(11)44(32(12)24(39)4)52-46(49)53-45-35(15)27(7)41(28(8)36(45)16)47(18,19)40-25(5)33(13)42(50-20)34(14)26(40)6/h1-20H3. The third-order valence-electron chi connectivity index (χ3n) is 12.5. The number of rotatable bonds is 7. The van der Waals surface area contributed by atoms with E-state index in [1.165, 1.54) is 29.2 Å². The Labute approximate surface area is 318 Å². The van der Waals surface area contributed by atoms with Crippen molar-refractivity contribution < 1.29 is 28.5 Å². The molecule has 0 aliphatic heterocycles. The molecule has 0 aliphatic carbocycles. The van der Waals surface area contributed by atoms with Crippen LogP contribution in [0.2, 0.25) is 0 Å². The Morgan fingerprint density at radius 1 is 0.377 bits per heavy atom. The summed E-state index contributed by atoms with van der Waals surface area (Å²) >= 11 is 0. The minimum atomic E-state index is -0.766. The van der Waals surface area contributed by atoms with Gasteiger partial charge in [0.2, 0.25) is 0 Å². The molecule has 0 aliphatic rings. The molecule has 4 aromatic carbocycles. The molecule has 0 aromatic heterocycles. The molecule has 0 saturated heterocycles. The highest BCUT2D eigenvalue weighted by Crippen LogP contribution is 2.48. The smallest absolute Gasteiger partial charge is 0.496 e. The van der Waals surface area contributed by atoms with Crippen LogP contribution in [0.4, 0.5) is 4.79 Å². The first-order chi connectivity index (χ1) is 24.4. The zero-order valence-corrected chi connectivity index (χ0v) is 35.9. The summed E-state index contributed by atoms with van der Waals surface area (Å²) in [5, 5.41) is 0. The molecule has 4 aromatic rings. The number of ether oxygens (including phenoxy) is 4. The van der Waals surface area contributed by atoms with E-state index in [1.807, 2.05) is 41.5 Å². The van der Waals surface area contributed by atoms with Crippen LogP contribution in [0, 0.1) is 111 Å². The Morgan fingerprint density at radius 2 is 0.623 bits per heavy atom. The van der Waals surface area contributed by atoms with Crippen molar-refractivity contribution in [1.29, 1.82) is 0 Å². The fourth-order valence-corrected chi connectivity index (χ4v) is 8.96. The molecule has 0 heterocycles. The van der Waals surface area contributed by atoms with Gasteiger partial charge in [0, 0.05) is 12.3 Å². The van der Waals surface area contributed by atoms with Gasteiger partial charge in [0.15, 0.2) is 0 Å². The van der Waals surface area contributed by atoms with Gasteiger partial charge in [-0.15, -0.1) is 0 Å². The van der Waals surface area contributed by atoms with Crippen molar-refractivity contribution >= 4 is 12.1 Å². The van der Waals surface area contributed by atoms with Gasteiger partial charge in [-0.1, -0.05) is 13.8 Å². The van der Waals surface area contributed by atoms with Gasteiger partial charge in [-0.05, 0) is 222 Å². The van der Waals surface area contributed by atoms with Crippen molar-refractivity contribution in [3.05, 3.63) is 100 Å². The second kappa shape index (κ2) is 14.7. The molecule has 284 valence electrons. The maximum Gasteiger partial charge on any atom is 0.519 e. The normalized spacial score (nSPS) is 11.5. The van der Waals surface area contributed by atoms with E-state index in [0.717, 1.165) is 94.8 Å². The zero-order valence-electron chi connectivity index (χ0n) is 35.9. The van der Waals surface area contributed by atoms with Gasteiger partial charge in [-0.2, -0.15) is 0 Å². The van der Waals surface area contributed by atoms with Crippen molar-refractivity contribution in [2.75, 3.05) is 7.11 Å². The quantitative estimate of drug-likeness (QED) is 0.108. The van der Waals surface area contributed by atoms with Crippen LogP contribution in [0.1, 0.15) is 121 Å².